The van der Waals surface area contributed by atoms with E-state index in [-0.39, 0.29) is 11.6 Å². The predicted molar refractivity (Wildman–Crippen MR) is 79.4 cm³/mol. The molecule has 0 bridgehead atoms. The van der Waals surface area contributed by atoms with E-state index in [9.17, 15) is 4.39 Å². The molecule has 0 fully saturated rings. The van der Waals surface area contributed by atoms with E-state index >= 15 is 0 Å². The number of nitrogens with zero attached hydrogens (tertiary/aromatic N) is 2. The summed E-state index contributed by atoms with van der Waals surface area (Å²) in [6, 6.07) is 8.07. The van der Waals surface area contributed by atoms with E-state index in [1.807, 2.05) is 6.92 Å². The first-order valence-corrected chi connectivity index (χ1v) is 7.60. The van der Waals surface area contributed by atoms with Crippen molar-refractivity contribution in [3.8, 4) is 17.2 Å². The van der Waals surface area contributed by atoms with Crippen molar-refractivity contribution in [2.75, 3.05) is 12.4 Å². The van der Waals surface area contributed by atoms with Crippen molar-refractivity contribution in [1.29, 1.82) is 0 Å². The number of rotatable bonds is 6. The van der Waals surface area contributed by atoms with Gasteiger partial charge in [-0.3, -0.25) is 0 Å². The van der Waals surface area contributed by atoms with Gasteiger partial charge >= 0.3 is 0 Å². The maximum atomic E-state index is 13.4. The highest BCUT2D eigenvalue weighted by Gasteiger charge is 2.13. The van der Waals surface area contributed by atoms with Gasteiger partial charge in [0.25, 0.3) is 11.1 Å². The van der Waals surface area contributed by atoms with Gasteiger partial charge in [0.15, 0.2) is 11.6 Å². The zero-order valence-electron chi connectivity index (χ0n) is 11.8. The Hall–Kier alpha value is -2.28. The zero-order chi connectivity index (χ0) is 15.4. The van der Waals surface area contributed by atoms with Crippen molar-refractivity contribution in [2.45, 2.75) is 12.1 Å². The molecule has 3 rings (SSSR count). The van der Waals surface area contributed by atoms with Crippen molar-refractivity contribution >= 4 is 11.8 Å². The van der Waals surface area contributed by atoms with E-state index in [1.54, 1.807) is 30.5 Å². The lowest BCUT2D eigenvalue weighted by molar-refractivity contribution is 0.324. The molecule has 0 saturated carbocycles. The Morgan fingerprint density at radius 3 is 2.86 bits per heavy atom. The molecule has 5 nitrogen and oxygen atoms in total. The summed E-state index contributed by atoms with van der Waals surface area (Å²) in [6.07, 6.45) is 1.57. The Morgan fingerprint density at radius 2 is 2.09 bits per heavy atom. The van der Waals surface area contributed by atoms with Crippen LogP contribution in [-0.2, 0) is 0 Å². The highest BCUT2D eigenvalue weighted by atomic mass is 32.2. The van der Waals surface area contributed by atoms with E-state index < -0.39 is 0 Å². The summed E-state index contributed by atoms with van der Waals surface area (Å²) >= 11 is 1.35. The molecule has 0 aliphatic carbocycles. The first-order valence-electron chi connectivity index (χ1n) is 6.62. The van der Waals surface area contributed by atoms with E-state index in [2.05, 4.69) is 10.2 Å². The smallest absolute Gasteiger partial charge is 0.276 e. The second-order valence-electron chi connectivity index (χ2n) is 4.39. The minimum Gasteiger partial charge on any atom is -0.490 e. The van der Waals surface area contributed by atoms with Crippen LogP contribution in [0.4, 0.5) is 4.39 Å². The highest BCUT2D eigenvalue weighted by molar-refractivity contribution is 7.99. The van der Waals surface area contributed by atoms with Crippen molar-refractivity contribution in [1.82, 2.24) is 10.2 Å². The number of benzene rings is 1. The average Bonchev–Trinajstić information content (AvgIpc) is 3.14. The second-order valence-corrected chi connectivity index (χ2v) is 5.44. The van der Waals surface area contributed by atoms with E-state index in [0.717, 1.165) is 11.3 Å². The number of furan rings is 1. The van der Waals surface area contributed by atoms with Gasteiger partial charge in [-0.1, -0.05) is 23.9 Å². The third-order valence-corrected chi connectivity index (χ3v) is 3.68. The number of para-hydroxylation sites is 1. The molecule has 0 N–H and O–H groups in total. The number of ether oxygens (including phenoxy) is 1. The Morgan fingerprint density at radius 1 is 1.23 bits per heavy atom. The molecule has 0 radical (unpaired) electrons. The van der Waals surface area contributed by atoms with Crippen LogP contribution in [0.1, 0.15) is 5.76 Å². The maximum Gasteiger partial charge on any atom is 0.276 e. The van der Waals surface area contributed by atoms with Gasteiger partial charge < -0.3 is 13.6 Å². The van der Waals surface area contributed by atoms with Gasteiger partial charge in [0.05, 0.1) is 18.4 Å². The summed E-state index contributed by atoms with van der Waals surface area (Å²) in [5, 5.41) is 8.36. The van der Waals surface area contributed by atoms with Crippen LogP contribution in [0.5, 0.6) is 5.75 Å². The van der Waals surface area contributed by atoms with Crippen LogP contribution in [-0.4, -0.2) is 22.6 Å². The first kappa shape index (κ1) is 14.6. The Kier molecular flexibility index (Phi) is 4.43. The Balaban J connectivity index is 1.52. The lowest BCUT2D eigenvalue weighted by atomic mass is 10.3. The van der Waals surface area contributed by atoms with Crippen LogP contribution in [0.3, 0.4) is 0 Å². The zero-order valence-corrected chi connectivity index (χ0v) is 12.6. The van der Waals surface area contributed by atoms with Crippen LogP contribution >= 0.6 is 11.8 Å². The molecule has 0 saturated heterocycles. The SMILES string of the molecule is Cc1occc1-c1nnc(SCCOc2ccccc2F)o1. The van der Waals surface area contributed by atoms with Gasteiger partial charge in [0.2, 0.25) is 0 Å². The lowest BCUT2D eigenvalue weighted by Gasteiger charge is -2.05. The van der Waals surface area contributed by atoms with Crippen molar-refractivity contribution in [3.63, 3.8) is 0 Å². The molecule has 1 aromatic carbocycles. The summed E-state index contributed by atoms with van der Waals surface area (Å²) in [6.45, 7) is 2.17. The standard InChI is InChI=1S/C15H13FN2O3S/c1-10-11(6-7-19-10)14-17-18-15(21-14)22-9-8-20-13-5-3-2-4-12(13)16/h2-7H,8-9H2,1H3. The number of thioether (sulfide) groups is 1. The molecule has 0 aliphatic heterocycles. The molecule has 0 amide bonds. The largest absolute Gasteiger partial charge is 0.490 e. The molecule has 2 aromatic heterocycles. The molecule has 22 heavy (non-hydrogen) atoms. The summed E-state index contributed by atoms with van der Waals surface area (Å²) in [7, 11) is 0. The summed E-state index contributed by atoms with van der Waals surface area (Å²) in [4.78, 5) is 0. The molecule has 0 spiro atoms. The topological polar surface area (TPSA) is 61.3 Å². The fourth-order valence-corrected chi connectivity index (χ4v) is 2.40. The van der Waals surface area contributed by atoms with Crippen LogP contribution in [0.25, 0.3) is 11.5 Å². The van der Waals surface area contributed by atoms with Crippen LogP contribution < -0.4 is 4.74 Å². The number of halogens is 1. The van der Waals surface area contributed by atoms with E-state index in [0.29, 0.717) is 23.5 Å². The summed E-state index contributed by atoms with van der Waals surface area (Å²) < 4.78 is 29.4. The fourth-order valence-electron chi connectivity index (χ4n) is 1.83. The van der Waals surface area contributed by atoms with Crippen molar-refractivity contribution < 1.29 is 18.0 Å². The van der Waals surface area contributed by atoms with Gasteiger partial charge in [0.1, 0.15) is 5.76 Å². The normalized spacial score (nSPS) is 10.8. The minimum absolute atomic E-state index is 0.239. The lowest BCUT2D eigenvalue weighted by Crippen LogP contribution is -2.01. The molecule has 7 heteroatoms. The average molecular weight is 320 g/mol. The summed E-state index contributed by atoms with van der Waals surface area (Å²) in [5.41, 5.74) is 0.780. The number of aryl methyl sites for hydroxylation is 1. The molecule has 0 atom stereocenters. The van der Waals surface area contributed by atoms with Gasteiger partial charge in [-0.15, -0.1) is 10.2 Å². The summed E-state index contributed by atoms with van der Waals surface area (Å²) in [5.74, 6) is 1.58. The molecule has 0 unspecified atom stereocenters. The van der Waals surface area contributed by atoms with E-state index in [4.69, 9.17) is 13.6 Å². The van der Waals surface area contributed by atoms with Gasteiger partial charge in [-0.05, 0) is 25.1 Å². The van der Waals surface area contributed by atoms with Crippen molar-refractivity contribution in [3.05, 3.63) is 48.2 Å². The van der Waals surface area contributed by atoms with Crippen LogP contribution in [0.15, 0.2) is 50.7 Å². The minimum atomic E-state index is -0.372. The third-order valence-electron chi connectivity index (χ3n) is 2.90. The first-order chi connectivity index (χ1) is 10.7. The van der Waals surface area contributed by atoms with Crippen molar-refractivity contribution in [2.24, 2.45) is 0 Å². The fraction of sp³-hybridized carbons (Fsp3) is 0.200. The van der Waals surface area contributed by atoms with Crippen LogP contribution in [0.2, 0.25) is 0 Å². The Labute approximate surface area is 130 Å². The Bertz CT molecular complexity index is 757. The monoisotopic (exact) mass is 320 g/mol. The molecular formula is C15H13FN2O3S. The van der Waals surface area contributed by atoms with Gasteiger partial charge in [-0.25, -0.2) is 4.39 Å². The number of hydrogen-bond acceptors (Lipinski definition) is 6. The highest BCUT2D eigenvalue weighted by Crippen LogP contribution is 2.26. The molecular weight excluding hydrogens is 307 g/mol. The third kappa shape index (κ3) is 3.30. The number of hydrogen-bond donors (Lipinski definition) is 0. The molecule has 3 aromatic rings. The van der Waals surface area contributed by atoms with Gasteiger partial charge in [-0.2, -0.15) is 0 Å². The maximum absolute atomic E-state index is 13.4. The van der Waals surface area contributed by atoms with Crippen LogP contribution in [0, 0.1) is 12.7 Å². The molecule has 0 aliphatic rings. The number of aromatic nitrogens is 2. The predicted octanol–water partition coefficient (Wildman–Crippen LogP) is 3.95. The molecule has 2 heterocycles. The molecule has 114 valence electrons. The van der Waals surface area contributed by atoms with E-state index in [1.165, 1.54) is 17.8 Å². The quantitative estimate of drug-likeness (QED) is 0.506. The van der Waals surface area contributed by atoms with Gasteiger partial charge in [0, 0.05) is 5.75 Å². The second kappa shape index (κ2) is 6.65.